The van der Waals surface area contributed by atoms with E-state index >= 15 is 0 Å². The molecule has 2 unspecified atom stereocenters. The topological polar surface area (TPSA) is 24.4 Å². The molecule has 0 radical (unpaired) electrons. The predicted octanol–water partition coefficient (Wildman–Crippen LogP) is 4.24. The molecule has 96 valence electrons. The van der Waals surface area contributed by atoms with Crippen LogP contribution in [0.4, 0.5) is 0 Å². The van der Waals surface area contributed by atoms with Gasteiger partial charge in [0.15, 0.2) is 0 Å². The predicted molar refractivity (Wildman–Crippen MR) is 73.9 cm³/mol. The Morgan fingerprint density at radius 1 is 1.24 bits per heavy atom. The molecule has 0 amide bonds. The second kappa shape index (κ2) is 5.70. The second-order valence-electron chi connectivity index (χ2n) is 5.52. The van der Waals surface area contributed by atoms with Crippen LogP contribution < -0.4 is 5.43 Å². The SMILES string of the molecule is CCC1=NNC(C)=C2CCC(CC)CCCC12. The number of hydrazone groups is 1. The van der Waals surface area contributed by atoms with Crippen molar-refractivity contribution in [2.24, 2.45) is 16.9 Å². The number of nitrogens with one attached hydrogen (secondary N) is 1. The normalized spacial score (nSPS) is 29.9. The zero-order valence-electron chi connectivity index (χ0n) is 11.6. The molecular formula is C15H26N2. The Labute approximate surface area is 106 Å². The molecule has 0 aromatic heterocycles. The third-order valence-corrected chi connectivity index (χ3v) is 4.54. The van der Waals surface area contributed by atoms with Gasteiger partial charge in [-0.15, -0.1) is 0 Å². The van der Waals surface area contributed by atoms with Crippen LogP contribution in [0.25, 0.3) is 0 Å². The summed E-state index contributed by atoms with van der Waals surface area (Å²) in [6.07, 6.45) is 9.20. The lowest BCUT2D eigenvalue weighted by Gasteiger charge is -2.31. The summed E-state index contributed by atoms with van der Waals surface area (Å²) in [4.78, 5) is 0. The summed E-state index contributed by atoms with van der Waals surface area (Å²) in [5, 5.41) is 4.53. The lowest BCUT2D eigenvalue weighted by Crippen LogP contribution is -2.28. The molecule has 1 aliphatic carbocycles. The summed E-state index contributed by atoms with van der Waals surface area (Å²) in [5.74, 6) is 1.60. The molecule has 0 aromatic carbocycles. The minimum Gasteiger partial charge on any atom is -0.283 e. The van der Waals surface area contributed by atoms with Crippen LogP contribution in [-0.2, 0) is 0 Å². The first-order valence-corrected chi connectivity index (χ1v) is 7.28. The summed E-state index contributed by atoms with van der Waals surface area (Å²) in [6.45, 7) is 6.76. The molecule has 0 saturated heterocycles. The smallest absolute Gasteiger partial charge is 0.0451 e. The maximum atomic E-state index is 4.53. The highest BCUT2D eigenvalue weighted by Crippen LogP contribution is 2.35. The van der Waals surface area contributed by atoms with Crippen LogP contribution in [0, 0.1) is 11.8 Å². The second-order valence-corrected chi connectivity index (χ2v) is 5.52. The van der Waals surface area contributed by atoms with Crippen LogP contribution in [-0.4, -0.2) is 5.71 Å². The van der Waals surface area contributed by atoms with Crippen LogP contribution in [0.3, 0.4) is 0 Å². The fourth-order valence-corrected chi connectivity index (χ4v) is 3.32. The van der Waals surface area contributed by atoms with E-state index in [0.717, 1.165) is 12.3 Å². The first-order valence-electron chi connectivity index (χ1n) is 7.28. The summed E-state index contributed by atoms with van der Waals surface area (Å²) < 4.78 is 0. The van der Waals surface area contributed by atoms with Crippen LogP contribution >= 0.6 is 0 Å². The molecule has 1 aliphatic heterocycles. The van der Waals surface area contributed by atoms with E-state index in [1.807, 2.05) is 0 Å². The van der Waals surface area contributed by atoms with E-state index in [9.17, 15) is 0 Å². The highest BCUT2D eigenvalue weighted by atomic mass is 15.3. The van der Waals surface area contributed by atoms with E-state index in [1.54, 1.807) is 5.57 Å². The van der Waals surface area contributed by atoms with Gasteiger partial charge in [0.25, 0.3) is 0 Å². The van der Waals surface area contributed by atoms with E-state index in [1.165, 1.54) is 49.9 Å². The molecule has 2 atom stereocenters. The maximum absolute atomic E-state index is 4.53. The quantitative estimate of drug-likeness (QED) is 0.759. The van der Waals surface area contributed by atoms with E-state index in [4.69, 9.17) is 0 Å². The largest absolute Gasteiger partial charge is 0.283 e. The van der Waals surface area contributed by atoms with Crippen molar-refractivity contribution in [2.75, 3.05) is 0 Å². The fraction of sp³-hybridized carbons (Fsp3) is 0.800. The molecule has 1 saturated carbocycles. The van der Waals surface area contributed by atoms with Crippen LogP contribution in [0.5, 0.6) is 0 Å². The van der Waals surface area contributed by atoms with Crippen molar-refractivity contribution in [3.8, 4) is 0 Å². The number of hydrogen-bond acceptors (Lipinski definition) is 2. The van der Waals surface area contributed by atoms with Crippen molar-refractivity contribution in [3.63, 3.8) is 0 Å². The maximum Gasteiger partial charge on any atom is 0.0451 e. The van der Waals surface area contributed by atoms with Gasteiger partial charge in [-0.05, 0) is 44.1 Å². The number of fused-ring (bicyclic) bond motifs is 1. The van der Waals surface area contributed by atoms with Gasteiger partial charge < -0.3 is 0 Å². The molecule has 0 spiro atoms. The Bertz CT molecular complexity index is 328. The third-order valence-electron chi connectivity index (χ3n) is 4.54. The molecule has 17 heavy (non-hydrogen) atoms. The summed E-state index contributed by atoms with van der Waals surface area (Å²) in [6, 6.07) is 0. The Hall–Kier alpha value is -0.790. The number of nitrogens with zero attached hydrogens (tertiary/aromatic N) is 1. The lowest BCUT2D eigenvalue weighted by molar-refractivity contribution is 0.379. The van der Waals surface area contributed by atoms with Crippen LogP contribution in [0.15, 0.2) is 16.4 Å². The lowest BCUT2D eigenvalue weighted by atomic mass is 9.78. The molecule has 2 aliphatic rings. The minimum absolute atomic E-state index is 0.652. The van der Waals surface area contributed by atoms with Crippen molar-refractivity contribution >= 4 is 5.71 Å². The van der Waals surface area contributed by atoms with Crippen LogP contribution in [0.2, 0.25) is 0 Å². The molecule has 0 aromatic rings. The first-order chi connectivity index (χ1) is 8.26. The van der Waals surface area contributed by atoms with Gasteiger partial charge >= 0.3 is 0 Å². The van der Waals surface area contributed by atoms with Gasteiger partial charge in [0.1, 0.15) is 0 Å². The van der Waals surface area contributed by atoms with Crippen molar-refractivity contribution < 1.29 is 0 Å². The van der Waals surface area contributed by atoms with Gasteiger partial charge in [-0.1, -0.05) is 33.1 Å². The highest BCUT2D eigenvalue weighted by molar-refractivity contribution is 5.89. The molecule has 1 heterocycles. The monoisotopic (exact) mass is 234 g/mol. The van der Waals surface area contributed by atoms with Crippen molar-refractivity contribution in [2.45, 2.75) is 65.7 Å². The summed E-state index contributed by atoms with van der Waals surface area (Å²) in [7, 11) is 0. The van der Waals surface area contributed by atoms with E-state index < -0.39 is 0 Å². The number of rotatable bonds is 2. The molecule has 2 rings (SSSR count). The van der Waals surface area contributed by atoms with E-state index in [-0.39, 0.29) is 0 Å². The van der Waals surface area contributed by atoms with Crippen molar-refractivity contribution in [3.05, 3.63) is 11.3 Å². The number of hydrogen-bond donors (Lipinski definition) is 1. The fourth-order valence-electron chi connectivity index (χ4n) is 3.32. The first kappa shape index (κ1) is 12.7. The summed E-state index contributed by atoms with van der Waals surface area (Å²) in [5.41, 5.74) is 7.58. The molecule has 1 N–H and O–H groups in total. The molecule has 1 fully saturated rings. The molecule has 0 bridgehead atoms. The Balaban J connectivity index is 2.14. The van der Waals surface area contributed by atoms with Gasteiger partial charge in [-0.3, -0.25) is 5.43 Å². The van der Waals surface area contributed by atoms with Gasteiger partial charge in [0, 0.05) is 17.3 Å². The van der Waals surface area contributed by atoms with Gasteiger partial charge in [0.2, 0.25) is 0 Å². The van der Waals surface area contributed by atoms with E-state index in [0.29, 0.717) is 5.92 Å². The minimum atomic E-state index is 0.652. The number of allylic oxidation sites excluding steroid dienone is 2. The van der Waals surface area contributed by atoms with Gasteiger partial charge in [-0.25, -0.2) is 0 Å². The average molecular weight is 234 g/mol. The Kier molecular flexibility index (Phi) is 4.25. The molecule has 2 nitrogen and oxygen atoms in total. The molecular weight excluding hydrogens is 208 g/mol. The van der Waals surface area contributed by atoms with Crippen molar-refractivity contribution in [1.29, 1.82) is 0 Å². The summed E-state index contributed by atoms with van der Waals surface area (Å²) >= 11 is 0. The molecule has 2 heteroatoms. The van der Waals surface area contributed by atoms with Crippen LogP contribution in [0.1, 0.15) is 65.7 Å². The standard InChI is InChI=1S/C15H26N2/c1-4-12-7-6-8-14-13(10-9-12)11(3)16-17-15(14)5-2/h12,14,16H,4-10H2,1-3H3. The van der Waals surface area contributed by atoms with Crippen molar-refractivity contribution in [1.82, 2.24) is 5.43 Å². The van der Waals surface area contributed by atoms with E-state index in [2.05, 4.69) is 31.3 Å². The average Bonchev–Trinajstić information content (AvgIpc) is 2.31. The third kappa shape index (κ3) is 2.72. The zero-order chi connectivity index (χ0) is 12.3. The Morgan fingerprint density at radius 2 is 2.06 bits per heavy atom. The zero-order valence-corrected chi connectivity index (χ0v) is 11.6. The van der Waals surface area contributed by atoms with Gasteiger partial charge in [0.05, 0.1) is 0 Å². The van der Waals surface area contributed by atoms with Gasteiger partial charge in [-0.2, -0.15) is 5.10 Å². The highest BCUT2D eigenvalue weighted by Gasteiger charge is 2.27. The Morgan fingerprint density at radius 3 is 2.76 bits per heavy atom.